The zero-order valence-electron chi connectivity index (χ0n) is 30.8. The highest BCUT2D eigenvalue weighted by molar-refractivity contribution is 8.74. The normalized spacial score (nSPS) is 17.4. The predicted molar refractivity (Wildman–Crippen MR) is 197 cm³/mol. The average Bonchev–Trinajstić information content (AvgIpc) is 3.15. The predicted octanol–water partition coefficient (Wildman–Crippen LogP) is 5.27. The largest absolute Gasteiger partial charge is 0.486 e. The SMILES string of the molecule is CS(=O)(O)(O)S(=O)(=O)O.CS(=O)(O)(O)S(=O)(=O)O.Fc1c(F)c(-c2c(F)c(F)c(OCC3COc4ccccc4O3)c(F)c2F)c(F)c(F)c1OCC1COc2ccccc2O1. The second kappa shape index (κ2) is 17.3. The highest BCUT2D eigenvalue weighted by Crippen LogP contribution is 2.42. The first-order chi connectivity index (χ1) is 28.2. The van der Waals surface area contributed by atoms with Gasteiger partial charge in [-0.25, -0.2) is 26.0 Å². The summed E-state index contributed by atoms with van der Waals surface area (Å²) >= 11 is 0. The molecule has 6 N–H and O–H groups in total. The van der Waals surface area contributed by atoms with Crippen LogP contribution in [0.3, 0.4) is 0 Å². The number of halogens is 8. The van der Waals surface area contributed by atoms with Crippen molar-refractivity contribution in [3.63, 3.8) is 0 Å². The topological polar surface area (TPSA) is 279 Å². The quantitative estimate of drug-likeness (QED) is 0.0539. The molecule has 0 aromatic heterocycles. The average molecular weight is 983 g/mol. The van der Waals surface area contributed by atoms with Crippen LogP contribution < -0.4 is 28.4 Å². The molecule has 0 radical (unpaired) electrons. The van der Waals surface area contributed by atoms with Gasteiger partial charge in [0.2, 0.25) is 40.6 Å². The molecule has 0 aliphatic carbocycles. The maximum Gasteiger partial charge on any atom is 0.368 e. The summed E-state index contributed by atoms with van der Waals surface area (Å²) in [7, 11) is -22.2. The Bertz CT molecular complexity index is 2490. The lowest BCUT2D eigenvalue weighted by molar-refractivity contribution is 0.0505. The Hall–Kier alpha value is -4.92. The lowest BCUT2D eigenvalue weighted by atomic mass is 10.0. The Balaban J connectivity index is 0.000000393. The maximum atomic E-state index is 15.0. The van der Waals surface area contributed by atoms with Gasteiger partial charge in [-0.3, -0.25) is 27.3 Å². The smallest absolute Gasteiger partial charge is 0.368 e. The van der Waals surface area contributed by atoms with E-state index >= 15 is 17.6 Å². The molecular weight excluding hydrogens is 953 g/mol. The first kappa shape index (κ1) is 49.7. The number of para-hydroxylation sites is 4. The van der Waals surface area contributed by atoms with E-state index in [1.54, 1.807) is 36.4 Å². The minimum absolute atomic E-state index is 0.118. The van der Waals surface area contributed by atoms with Crippen LogP contribution in [-0.2, 0) is 35.6 Å². The Kier molecular flexibility index (Phi) is 13.9. The Morgan fingerprint density at radius 3 is 1.02 bits per heavy atom. The van der Waals surface area contributed by atoms with E-state index in [4.69, 9.17) is 55.7 Å². The molecule has 18 nitrogen and oxygen atoms in total. The fraction of sp³-hybridized carbons (Fsp3) is 0.250. The van der Waals surface area contributed by atoms with Gasteiger partial charge in [-0.15, -0.1) is 0 Å². The first-order valence-electron chi connectivity index (χ1n) is 16.1. The van der Waals surface area contributed by atoms with Gasteiger partial charge in [0.1, 0.15) is 26.4 Å². The van der Waals surface area contributed by atoms with E-state index in [9.17, 15) is 42.8 Å². The van der Waals surface area contributed by atoms with Crippen molar-refractivity contribution in [3.05, 3.63) is 95.1 Å². The van der Waals surface area contributed by atoms with E-state index in [-0.39, 0.29) is 37.2 Å². The second-order valence-electron chi connectivity index (χ2n) is 12.7. The second-order valence-corrected chi connectivity index (χ2v) is 26.1. The van der Waals surface area contributed by atoms with E-state index in [0.717, 1.165) is 0 Å². The molecule has 0 bridgehead atoms. The molecule has 0 saturated carbocycles. The molecule has 4 aromatic carbocycles. The van der Waals surface area contributed by atoms with E-state index in [1.807, 2.05) is 0 Å². The summed E-state index contributed by atoms with van der Waals surface area (Å²) in [4.78, 5) is 0. The molecule has 4 aromatic rings. The van der Waals surface area contributed by atoms with Crippen LogP contribution in [0.2, 0.25) is 0 Å². The zero-order valence-corrected chi connectivity index (χ0v) is 34.1. The van der Waals surface area contributed by atoms with Crippen LogP contribution in [0.15, 0.2) is 48.5 Å². The molecule has 346 valence electrons. The molecule has 30 heteroatoms. The minimum Gasteiger partial charge on any atom is -0.486 e. The van der Waals surface area contributed by atoms with Gasteiger partial charge in [-0.2, -0.15) is 34.4 Å². The standard InChI is InChI=1S/C30H18F8O6.2CH6O6S2/c31-21-19(22(32)26(36)29(25(21)35)41-11-13-9-39-15-5-1-3-7-17(15)43-13)20-23(33)27(37)30(28(38)24(20)34)42-12-14-10-40-16-6-2-4-8-18(16)44-14;2*1-9(5,6,7)8(2,3)4/h1-8,13-14H,9-12H2;2*1H3,(H,2,3,4)(H2,5,6,7). The van der Waals surface area contributed by atoms with Crippen molar-refractivity contribution in [2.24, 2.45) is 0 Å². The molecule has 6 rings (SSSR count). The minimum atomic E-state index is -5.81. The molecular formula is C32H30F8O18S4. The van der Waals surface area contributed by atoms with Gasteiger partial charge >= 0.3 is 18.3 Å². The van der Waals surface area contributed by atoms with Crippen molar-refractivity contribution in [2.45, 2.75) is 12.2 Å². The van der Waals surface area contributed by atoms with Gasteiger partial charge < -0.3 is 28.4 Å². The van der Waals surface area contributed by atoms with Crippen LogP contribution in [-0.4, -0.2) is 104 Å². The molecule has 0 saturated heterocycles. The van der Waals surface area contributed by atoms with Crippen LogP contribution in [0.5, 0.6) is 34.5 Å². The number of fused-ring (bicyclic) bond motifs is 2. The van der Waals surface area contributed by atoms with Crippen molar-refractivity contribution >= 4 is 35.6 Å². The lowest BCUT2D eigenvalue weighted by Gasteiger charge is -2.26. The van der Waals surface area contributed by atoms with Gasteiger partial charge in [0.15, 0.2) is 70.0 Å². The van der Waals surface area contributed by atoms with Gasteiger partial charge in [0.05, 0.1) is 23.6 Å². The number of benzene rings is 4. The zero-order chi connectivity index (χ0) is 47.0. The summed E-state index contributed by atoms with van der Waals surface area (Å²) in [5.41, 5.74) is -4.09. The number of hydrogen-bond acceptors (Lipinski definition) is 12. The number of ether oxygens (including phenoxy) is 6. The third-order valence-electron chi connectivity index (χ3n) is 7.63. The van der Waals surface area contributed by atoms with E-state index in [0.29, 0.717) is 11.5 Å². The fourth-order valence-corrected chi connectivity index (χ4v) is 4.56. The Labute approximate surface area is 342 Å². The molecule has 2 atom stereocenters. The number of hydrogen-bond donors (Lipinski definition) is 6. The van der Waals surface area contributed by atoms with Crippen molar-refractivity contribution in [1.29, 1.82) is 0 Å². The van der Waals surface area contributed by atoms with Crippen molar-refractivity contribution in [2.75, 3.05) is 38.9 Å². The van der Waals surface area contributed by atoms with Gasteiger partial charge in [0.25, 0.3) is 0 Å². The van der Waals surface area contributed by atoms with Crippen LogP contribution in [0.1, 0.15) is 0 Å². The number of rotatable bonds is 9. The summed E-state index contributed by atoms with van der Waals surface area (Å²) in [6, 6.07) is 12.8. The fourth-order valence-electron chi connectivity index (χ4n) is 4.56. The van der Waals surface area contributed by atoms with Crippen LogP contribution in [0.4, 0.5) is 35.1 Å². The molecule has 2 unspecified atom stereocenters. The highest BCUT2D eigenvalue weighted by atomic mass is 33.2. The molecule has 0 amide bonds. The Morgan fingerprint density at radius 1 is 0.532 bits per heavy atom. The molecule has 62 heavy (non-hydrogen) atoms. The summed E-state index contributed by atoms with van der Waals surface area (Å²) in [6.07, 6.45) is -1.71. The van der Waals surface area contributed by atoms with E-state index < -0.39 is 130 Å². The van der Waals surface area contributed by atoms with Crippen molar-refractivity contribution in [1.82, 2.24) is 0 Å². The molecule has 0 fully saturated rings. The summed E-state index contributed by atoms with van der Waals surface area (Å²) in [5, 5.41) is 0. The lowest BCUT2D eigenvalue weighted by Crippen LogP contribution is -2.38. The third kappa shape index (κ3) is 11.0. The molecule has 2 heterocycles. The van der Waals surface area contributed by atoms with Crippen LogP contribution in [0, 0.1) is 46.5 Å². The summed E-state index contributed by atoms with van der Waals surface area (Å²) < 4.78 is 259. The van der Waals surface area contributed by atoms with Gasteiger partial charge in [-0.1, -0.05) is 24.3 Å². The van der Waals surface area contributed by atoms with Crippen molar-refractivity contribution in [3.8, 4) is 45.6 Å². The molecule has 0 spiro atoms. The van der Waals surface area contributed by atoms with Crippen LogP contribution >= 0.6 is 0 Å². The van der Waals surface area contributed by atoms with Gasteiger partial charge in [0, 0.05) is 0 Å². The van der Waals surface area contributed by atoms with Gasteiger partial charge in [-0.05, 0) is 24.3 Å². The van der Waals surface area contributed by atoms with Crippen LogP contribution in [0.25, 0.3) is 11.1 Å². The summed E-state index contributed by atoms with van der Waals surface area (Å²) in [5.74, 6) is -20.2. The van der Waals surface area contributed by atoms with E-state index in [2.05, 4.69) is 0 Å². The maximum absolute atomic E-state index is 15.0. The highest BCUT2D eigenvalue weighted by Gasteiger charge is 2.40. The summed E-state index contributed by atoms with van der Waals surface area (Å²) in [6.45, 7) is -1.64. The molecule has 2 aliphatic heterocycles. The Morgan fingerprint density at radius 2 is 0.774 bits per heavy atom. The monoisotopic (exact) mass is 982 g/mol. The molecule has 2 aliphatic rings. The van der Waals surface area contributed by atoms with Crippen molar-refractivity contribution < 1.29 is 116 Å². The third-order valence-corrected chi connectivity index (χ3v) is 15.4. The van der Waals surface area contributed by atoms with E-state index in [1.165, 1.54) is 12.1 Å². The first-order valence-corrected chi connectivity index (χ1v) is 24.6.